The summed E-state index contributed by atoms with van der Waals surface area (Å²) in [4.78, 5) is 2.19. The zero-order valence-electron chi connectivity index (χ0n) is 9.99. The van der Waals surface area contributed by atoms with Crippen LogP contribution in [0.4, 0.5) is 0 Å². The summed E-state index contributed by atoms with van der Waals surface area (Å²) in [5, 5.41) is 0. The third kappa shape index (κ3) is 4.34. The highest BCUT2D eigenvalue weighted by Crippen LogP contribution is 2.18. The van der Waals surface area contributed by atoms with Crippen LogP contribution in [0.3, 0.4) is 0 Å². The summed E-state index contributed by atoms with van der Waals surface area (Å²) in [6.45, 7) is 3.99. The number of likely N-dealkylation sites (N-methyl/N-ethyl adjacent to an activating group) is 1. The number of para-hydroxylation sites is 1. The van der Waals surface area contributed by atoms with Gasteiger partial charge in [-0.05, 0) is 38.6 Å². The third-order valence-corrected chi connectivity index (χ3v) is 2.26. The molecule has 0 aliphatic carbocycles. The molecule has 0 unspecified atom stereocenters. The van der Waals surface area contributed by atoms with Gasteiger partial charge in [0.2, 0.25) is 0 Å². The van der Waals surface area contributed by atoms with Crippen molar-refractivity contribution in [2.75, 3.05) is 27.2 Å². The van der Waals surface area contributed by atoms with Crippen molar-refractivity contribution in [3.8, 4) is 5.75 Å². The van der Waals surface area contributed by atoms with Crippen LogP contribution in [0.15, 0.2) is 24.3 Å². The van der Waals surface area contributed by atoms with E-state index in [-0.39, 0.29) is 0 Å². The molecule has 0 N–H and O–H groups in total. The van der Waals surface area contributed by atoms with Gasteiger partial charge in [0.25, 0.3) is 0 Å². The molecule has 2 nitrogen and oxygen atoms in total. The lowest BCUT2D eigenvalue weighted by molar-refractivity contribution is 0.312. The maximum absolute atomic E-state index is 5.70. The molecule has 1 aromatic carbocycles. The standard InChI is InChI=1S/C13H21NO/c1-4-11-15-13-8-6-5-7-12(13)9-10-14(2)3/h5-8H,4,9-11H2,1-3H3. The highest BCUT2D eigenvalue weighted by molar-refractivity contribution is 5.33. The molecule has 0 aliphatic heterocycles. The van der Waals surface area contributed by atoms with Crippen molar-refractivity contribution >= 4 is 0 Å². The van der Waals surface area contributed by atoms with Crippen LogP contribution in [0.5, 0.6) is 5.75 Å². The molecule has 0 aromatic heterocycles. The highest BCUT2D eigenvalue weighted by atomic mass is 16.5. The minimum absolute atomic E-state index is 0.805. The van der Waals surface area contributed by atoms with Crippen molar-refractivity contribution in [2.45, 2.75) is 19.8 Å². The van der Waals surface area contributed by atoms with Crippen LogP contribution in [0.25, 0.3) is 0 Å². The van der Waals surface area contributed by atoms with E-state index in [1.165, 1.54) is 5.56 Å². The molecule has 0 radical (unpaired) electrons. The van der Waals surface area contributed by atoms with Gasteiger partial charge in [0.05, 0.1) is 6.61 Å². The molecular formula is C13H21NO. The number of ether oxygens (including phenoxy) is 1. The van der Waals surface area contributed by atoms with Crippen LogP contribution in [0.2, 0.25) is 0 Å². The van der Waals surface area contributed by atoms with Crippen molar-refractivity contribution in [3.05, 3.63) is 29.8 Å². The molecule has 1 aromatic rings. The molecule has 1 rings (SSSR count). The number of rotatable bonds is 6. The third-order valence-electron chi connectivity index (χ3n) is 2.26. The molecule has 15 heavy (non-hydrogen) atoms. The van der Waals surface area contributed by atoms with Crippen LogP contribution in [0, 0.1) is 0 Å². The van der Waals surface area contributed by atoms with E-state index < -0.39 is 0 Å². The van der Waals surface area contributed by atoms with Crippen molar-refractivity contribution in [2.24, 2.45) is 0 Å². The van der Waals surface area contributed by atoms with E-state index in [0.29, 0.717) is 0 Å². The highest BCUT2D eigenvalue weighted by Gasteiger charge is 2.02. The van der Waals surface area contributed by atoms with Crippen LogP contribution in [-0.2, 0) is 6.42 Å². The number of nitrogens with zero attached hydrogens (tertiary/aromatic N) is 1. The van der Waals surface area contributed by atoms with Gasteiger partial charge in [0.1, 0.15) is 5.75 Å². The van der Waals surface area contributed by atoms with Crippen molar-refractivity contribution in [1.82, 2.24) is 4.90 Å². The first-order valence-electron chi connectivity index (χ1n) is 5.59. The fraction of sp³-hybridized carbons (Fsp3) is 0.538. The Kier molecular flexibility index (Phi) is 5.19. The monoisotopic (exact) mass is 207 g/mol. The quantitative estimate of drug-likeness (QED) is 0.711. The van der Waals surface area contributed by atoms with Crippen molar-refractivity contribution in [1.29, 1.82) is 0 Å². The second kappa shape index (κ2) is 6.46. The van der Waals surface area contributed by atoms with Gasteiger partial charge in [-0.25, -0.2) is 0 Å². The Morgan fingerprint density at radius 2 is 1.93 bits per heavy atom. The van der Waals surface area contributed by atoms with E-state index in [1.54, 1.807) is 0 Å². The van der Waals surface area contributed by atoms with Gasteiger partial charge < -0.3 is 9.64 Å². The first-order chi connectivity index (χ1) is 7.24. The number of hydrogen-bond donors (Lipinski definition) is 0. The predicted molar refractivity (Wildman–Crippen MR) is 64.5 cm³/mol. The van der Waals surface area contributed by atoms with E-state index in [1.807, 2.05) is 6.07 Å². The van der Waals surface area contributed by atoms with E-state index in [9.17, 15) is 0 Å². The maximum Gasteiger partial charge on any atom is 0.122 e. The van der Waals surface area contributed by atoms with E-state index >= 15 is 0 Å². The Morgan fingerprint density at radius 3 is 2.60 bits per heavy atom. The molecule has 0 bridgehead atoms. The first kappa shape index (κ1) is 12.1. The number of hydrogen-bond acceptors (Lipinski definition) is 2. The first-order valence-corrected chi connectivity index (χ1v) is 5.59. The smallest absolute Gasteiger partial charge is 0.122 e. The maximum atomic E-state index is 5.70. The second-order valence-electron chi connectivity index (χ2n) is 4.01. The van der Waals surface area contributed by atoms with Gasteiger partial charge in [0.15, 0.2) is 0 Å². The lowest BCUT2D eigenvalue weighted by atomic mass is 10.1. The minimum atomic E-state index is 0.805. The van der Waals surface area contributed by atoms with Gasteiger partial charge in [0, 0.05) is 6.54 Å². The van der Waals surface area contributed by atoms with Crippen LogP contribution in [0.1, 0.15) is 18.9 Å². The van der Waals surface area contributed by atoms with Gasteiger partial charge >= 0.3 is 0 Å². The normalized spacial score (nSPS) is 10.7. The SMILES string of the molecule is CCCOc1ccccc1CCN(C)C. The fourth-order valence-corrected chi connectivity index (χ4v) is 1.41. The summed E-state index contributed by atoms with van der Waals surface area (Å²) in [7, 11) is 4.19. The molecule has 0 spiro atoms. The summed E-state index contributed by atoms with van der Waals surface area (Å²) in [6.07, 6.45) is 2.11. The molecular weight excluding hydrogens is 186 g/mol. The summed E-state index contributed by atoms with van der Waals surface area (Å²) >= 11 is 0. The average Bonchev–Trinajstić information content (AvgIpc) is 2.24. The fourth-order valence-electron chi connectivity index (χ4n) is 1.41. The topological polar surface area (TPSA) is 12.5 Å². The molecule has 0 aliphatic rings. The molecule has 0 saturated heterocycles. The Morgan fingerprint density at radius 1 is 1.20 bits per heavy atom. The molecule has 0 fully saturated rings. The Hall–Kier alpha value is -1.02. The lowest BCUT2D eigenvalue weighted by Gasteiger charge is -2.13. The largest absolute Gasteiger partial charge is 0.493 e. The number of benzene rings is 1. The molecule has 84 valence electrons. The van der Waals surface area contributed by atoms with Gasteiger partial charge in [-0.2, -0.15) is 0 Å². The van der Waals surface area contributed by atoms with E-state index in [4.69, 9.17) is 4.74 Å². The van der Waals surface area contributed by atoms with E-state index in [0.717, 1.165) is 31.7 Å². The van der Waals surface area contributed by atoms with Gasteiger partial charge in [-0.3, -0.25) is 0 Å². The summed E-state index contributed by atoms with van der Waals surface area (Å²) in [5.74, 6) is 1.04. The van der Waals surface area contributed by atoms with Gasteiger partial charge in [-0.1, -0.05) is 25.1 Å². The average molecular weight is 207 g/mol. The summed E-state index contributed by atoms with van der Waals surface area (Å²) < 4.78 is 5.70. The van der Waals surface area contributed by atoms with Crippen LogP contribution >= 0.6 is 0 Å². The lowest BCUT2D eigenvalue weighted by Crippen LogP contribution is -2.15. The Balaban J connectivity index is 2.59. The molecule has 2 heteroatoms. The Bertz CT molecular complexity index is 284. The van der Waals surface area contributed by atoms with Gasteiger partial charge in [-0.15, -0.1) is 0 Å². The molecule has 0 saturated carbocycles. The van der Waals surface area contributed by atoms with Crippen molar-refractivity contribution < 1.29 is 4.74 Å². The summed E-state index contributed by atoms with van der Waals surface area (Å²) in [5.41, 5.74) is 1.31. The Labute approximate surface area is 92.9 Å². The molecule has 0 amide bonds. The molecule has 0 atom stereocenters. The second-order valence-corrected chi connectivity index (χ2v) is 4.01. The van der Waals surface area contributed by atoms with Crippen LogP contribution < -0.4 is 4.74 Å². The summed E-state index contributed by atoms with van der Waals surface area (Å²) in [6, 6.07) is 8.31. The molecule has 0 heterocycles. The zero-order chi connectivity index (χ0) is 11.1. The predicted octanol–water partition coefficient (Wildman–Crippen LogP) is 2.58. The minimum Gasteiger partial charge on any atom is -0.493 e. The van der Waals surface area contributed by atoms with E-state index in [2.05, 4.69) is 44.1 Å². The van der Waals surface area contributed by atoms with Crippen LogP contribution in [-0.4, -0.2) is 32.1 Å². The zero-order valence-corrected chi connectivity index (χ0v) is 9.99. The van der Waals surface area contributed by atoms with Crippen molar-refractivity contribution in [3.63, 3.8) is 0 Å².